The maximum atomic E-state index is 12.6. The maximum Gasteiger partial charge on any atom is 0.193 e. The van der Waals surface area contributed by atoms with Crippen molar-refractivity contribution in [2.45, 2.75) is 26.9 Å². The van der Waals surface area contributed by atoms with Crippen LogP contribution in [-0.2, 0) is 0 Å². The second kappa shape index (κ2) is 6.44. The number of ketones is 1. The summed E-state index contributed by atoms with van der Waals surface area (Å²) >= 11 is 0. The molecule has 0 aliphatic heterocycles. The predicted octanol–water partition coefficient (Wildman–Crippen LogP) is 4.02. The SMILES string of the molecule is COc1ccc(C(=O)c2cccc(OC(C)C)c2)c(C)c1. The summed E-state index contributed by atoms with van der Waals surface area (Å²) in [4.78, 5) is 12.6. The van der Waals surface area contributed by atoms with E-state index >= 15 is 0 Å². The fourth-order valence-corrected chi connectivity index (χ4v) is 2.16. The van der Waals surface area contributed by atoms with E-state index in [0.29, 0.717) is 16.9 Å². The first-order valence-electron chi connectivity index (χ1n) is 6.97. The molecule has 3 nitrogen and oxygen atoms in total. The first-order chi connectivity index (χ1) is 10.0. The fourth-order valence-electron chi connectivity index (χ4n) is 2.16. The summed E-state index contributed by atoms with van der Waals surface area (Å²) in [6.07, 6.45) is 0.0816. The lowest BCUT2D eigenvalue weighted by Gasteiger charge is -2.11. The van der Waals surface area contributed by atoms with Crippen LogP contribution >= 0.6 is 0 Å². The Morgan fingerprint density at radius 2 is 1.81 bits per heavy atom. The van der Waals surface area contributed by atoms with E-state index in [1.165, 1.54) is 0 Å². The molecule has 0 N–H and O–H groups in total. The lowest BCUT2D eigenvalue weighted by molar-refractivity contribution is 0.103. The van der Waals surface area contributed by atoms with Crippen molar-refractivity contribution in [3.8, 4) is 11.5 Å². The molecule has 0 atom stereocenters. The highest BCUT2D eigenvalue weighted by molar-refractivity contribution is 6.10. The molecule has 2 aromatic rings. The van der Waals surface area contributed by atoms with Gasteiger partial charge in [-0.15, -0.1) is 0 Å². The minimum atomic E-state index is -0.00985. The molecule has 2 aromatic carbocycles. The maximum absolute atomic E-state index is 12.6. The third kappa shape index (κ3) is 3.63. The Morgan fingerprint density at radius 1 is 1.05 bits per heavy atom. The van der Waals surface area contributed by atoms with E-state index in [0.717, 1.165) is 11.3 Å². The van der Waals surface area contributed by atoms with E-state index in [4.69, 9.17) is 9.47 Å². The third-order valence-electron chi connectivity index (χ3n) is 3.15. The molecule has 0 bridgehead atoms. The quantitative estimate of drug-likeness (QED) is 0.778. The van der Waals surface area contributed by atoms with Crippen molar-refractivity contribution in [2.24, 2.45) is 0 Å². The molecule has 0 amide bonds. The van der Waals surface area contributed by atoms with E-state index in [1.807, 2.05) is 39.0 Å². The van der Waals surface area contributed by atoms with Crippen LogP contribution in [-0.4, -0.2) is 19.0 Å². The first kappa shape index (κ1) is 15.1. The van der Waals surface area contributed by atoms with Gasteiger partial charge in [0, 0.05) is 11.1 Å². The highest BCUT2D eigenvalue weighted by atomic mass is 16.5. The largest absolute Gasteiger partial charge is 0.497 e. The molecule has 0 aliphatic rings. The number of hydrogen-bond acceptors (Lipinski definition) is 3. The first-order valence-corrected chi connectivity index (χ1v) is 6.97. The molecule has 0 aromatic heterocycles. The van der Waals surface area contributed by atoms with Crippen LogP contribution in [0.5, 0.6) is 11.5 Å². The average Bonchev–Trinajstić information content (AvgIpc) is 2.46. The number of carbonyl (C=O) groups excluding carboxylic acids is 1. The van der Waals surface area contributed by atoms with Crippen molar-refractivity contribution in [1.82, 2.24) is 0 Å². The van der Waals surface area contributed by atoms with Gasteiger partial charge < -0.3 is 9.47 Å². The normalized spacial score (nSPS) is 10.5. The lowest BCUT2D eigenvalue weighted by atomic mass is 9.99. The second-order valence-corrected chi connectivity index (χ2v) is 5.20. The minimum Gasteiger partial charge on any atom is -0.497 e. The Morgan fingerprint density at radius 3 is 2.43 bits per heavy atom. The molecule has 110 valence electrons. The Balaban J connectivity index is 2.31. The van der Waals surface area contributed by atoms with Crippen molar-refractivity contribution in [2.75, 3.05) is 7.11 Å². The van der Waals surface area contributed by atoms with Gasteiger partial charge in [-0.25, -0.2) is 0 Å². The highest BCUT2D eigenvalue weighted by Crippen LogP contribution is 2.22. The monoisotopic (exact) mass is 284 g/mol. The predicted molar refractivity (Wildman–Crippen MR) is 83.4 cm³/mol. The van der Waals surface area contributed by atoms with Gasteiger partial charge in [-0.3, -0.25) is 4.79 Å². The van der Waals surface area contributed by atoms with Crippen LogP contribution in [0.2, 0.25) is 0 Å². The lowest BCUT2D eigenvalue weighted by Crippen LogP contribution is -2.08. The molecule has 0 fully saturated rings. The number of methoxy groups -OCH3 is 1. The van der Waals surface area contributed by atoms with Gasteiger partial charge in [0.25, 0.3) is 0 Å². The van der Waals surface area contributed by atoms with Crippen LogP contribution < -0.4 is 9.47 Å². The van der Waals surface area contributed by atoms with Gasteiger partial charge >= 0.3 is 0 Å². The zero-order chi connectivity index (χ0) is 15.4. The van der Waals surface area contributed by atoms with Gasteiger partial charge in [0.15, 0.2) is 5.78 Å². The number of hydrogen-bond donors (Lipinski definition) is 0. The molecule has 0 unspecified atom stereocenters. The molecule has 0 spiro atoms. The van der Waals surface area contributed by atoms with Crippen molar-refractivity contribution in [3.63, 3.8) is 0 Å². The minimum absolute atomic E-state index is 0.00985. The number of ether oxygens (including phenoxy) is 2. The zero-order valence-electron chi connectivity index (χ0n) is 12.8. The number of benzene rings is 2. The Kier molecular flexibility index (Phi) is 4.63. The van der Waals surface area contributed by atoms with E-state index in [2.05, 4.69) is 0 Å². The summed E-state index contributed by atoms with van der Waals surface area (Å²) in [5.74, 6) is 1.45. The van der Waals surface area contributed by atoms with E-state index in [-0.39, 0.29) is 11.9 Å². The summed E-state index contributed by atoms with van der Waals surface area (Å²) in [6.45, 7) is 5.83. The summed E-state index contributed by atoms with van der Waals surface area (Å²) in [5, 5.41) is 0. The van der Waals surface area contributed by atoms with Crippen molar-refractivity contribution >= 4 is 5.78 Å². The van der Waals surface area contributed by atoms with Gasteiger partial charge in [-0.1, -0.05) is 12.1 Å². The van der Waals surface area contributed by atoms with Crippen LogP contribution in [0, 0.1) is 6.92 Å². The molecule has 21 heavy (non-hydrogen) atoms. The molecule has 0 saturated carbocycles. The number of rotatable bonds is 5. The van der Waals surface area contributed by atoms with Gasteiger partial charge in [-0.05, 0) is 56.7 Å². The molecule has 3 heteroatoms. The Labute approximate surface area is 125 Å². The zero-order valence-corrected chi connectivity index (χ0v) is 12.8. The summed E-state index contributed by atoms with van der Waals surface area (Å²) in [6, 6.07) is 12.7. The second-order valence-electron chi connectivity index (χ2n) is 5.20. The van der Waals surface area contributed by atoms with Gasteiger partial charge in [-0.2, -0.15) is 0 Å². The number of carbonyl (C=O) groups is 1. The van der Waals surface area contributed by atoms with Crippen molar-refractivity contribution in [3.05, 3.63) is 59.2 Å². The van der Waals surface area contributed by atoms with Gasteiger partial charge in [0.2, 0.25) is 0 Å². The summed E-state index contributed by atoms with van der Waals surface area (Å²) in [5.41, 5.74) is 2.20. The Hall–Kier alpha value is -2.29. The molecule has 0 heterocycles. The molecule has 0 radical (unpaired) electrons. The van der Waals surface area contributed by atoms with Crippen LogP contribution in [0.15, 0.2) is 42.5 Å². The topological polar surface area (TPSA) is 35.5 Å². The van der Waals surface area contributed by atoms with Crippen LogP contribution in [0.1, 0.15) is 35.3 Å². The van der Waals surface area contributed by atoms with Crippen LogP contribution in [0.25, 0.3) is 0 Å². The van der Waals surface area contributed by atoms with E-state index in [9.17, 15) is 4.79 Å². The van der Waals surface area contributed by atoms with Gasteiger partial charge in [0.1, 0.15) is 11.5 Å². The average molecular weight is 284 g/mol. The van der Waals surface area contributed by atoms with Crippen molar-refractivity contribution < 1.29 is 14.3 Å². The van der Waals surface area contributed by atoms with Crippen LogP contribution in [0.3, 0.4) is 0 Å². The molecule has 2 rings (SSSR count). The Bertz CT molecular complexity index is 645. The highest BCUT2D eigenvalue weighted by Gasteiger charge is 2.13. The van der Waals surface area contributed by atoms with Crippen molar-refractivity contribution in [1.29, 1.82) is 0 Å². The van der Waals surface area contributed by atoms with Gasteiger partial charge in [0.05, 0.1) is 13.2 Å². The third-order valence-corrected chi connectivity index (χ3v) is 3.15. The molecular formula is C18H20O3. The molecule has 0 saturated heterocycles. The van der Waals surface area contributed by atoms with E-state index in [1.54, 1.807) is 31.4 Å². The van der Waals surface area contributed by atoms with E-state index < -0.39 is 0 Å². The standard InChI is InChI=1S/C18H20O3/c1-12(2)21-16-7-5-6-14(11-16)18(19)17-9-8-15(20-4)10-13(17)3/h5-12H,1-4H3. The molecular weight excluding hydrogens is 264 g/mol. The summed E-state index contributed by atoms with van der Waals surface area (Å²) in [7, 11) is 1.61. The molecule has 0 aliphatic carbocycles. The smallest absolute Gasteiger partial charge is 0.193 e. The summed E-state index contributed by atoms with van der Waals surface area (Å²) < 4.78 is 10.8. The van der Waals surface area contributed by atoms with Crippen LogP contribution in [0.4, 0.5) is 0 Å². The fraction of sp³-hybridized carbons (Fsp3) is 0.278. The number of aryl methyl sites for hydroxylation is 1.